The van der Waals surface area contributed by atoms with Gasteiger partial charge in [-0.05, 0) is 19.8 Å². The number of piperidine rings is 1. The summed E-state index contributed by atoms with van der Waals surface area (Å²) in [6, 6.07) is 1.87. The van der Waals surface area contributed by atoms with Crippen molar-refractivity contribution in [2.75, 3.05) is 26.7 Å². The van der Waals surface area contributed by atoms with Crippen LogP contribution >= 0.6 is 0 Å². The number of amides is 1. The van der Waals surface area contributed by atoms with Gasteiger partial charge in [-0.3, -0.25) is 9.59 Å². The summed E-state index contributed by atoms with van der Waals surface area (Å²) in [7, 11) is 1.64. The van der Waals surface area contributed by atoms with Gasteiger partial charge in [0, 0.05) is 26.3 Å². The third-order valence-corrected chi connectivity index (χ3v) is 3.04. The van der Waals surface area contributed by atoms with Gasteiger partial charge >= 0.3 is 5.97 Å². The molecule has 1 N–H and O–H groups in total. The third-order valence-electron chi connectivity index (χ3n) is 3.04. The molecule has 0 aliphatic carbocycles. The van der Waals surface area contributed by atoms with Crippen molar-refractivity contribution in [1.82, 2.24) is 10.2 Å². The summed E-state index contributed by atoms with van der Waals surface area (Å²) in [4.78, 5) is 25.2. The van der Waals surface area contributed by atoms with E-state index in [9.17, 15) is 9.59 Å². The average Bonchev–Trinajstić information content (AvgIpc) is 2.44. The quantitative estimate of drug-likeness (QED) is 0.452. The second-order valence-corrected chi connectivity index (χ2v) is 4.28. The predicted octanol–water partition coefficient (Wildman–Crippen LogP) is 0.415. The second-order valence-electron chi connectivity index (χ2n) is 4.28. The van der Waals surface area contributed by atoms with E-state index in [1.54, 1.807) is 18.9 Å². The first kappa shape index (κ1) is 15.0. The highest BCUT2D eigenvalue weighted by Gasteiger charge is 2.29. The van der Waals surface area contributed by atoms with E-state index in [1.165, 1.54) is 6.20 Å². The van der Waals surface area contributed by atoms with Gasteiger partial charge in [-0.25, -0.2) is 0 Å². The molecule has 1 fully saturated rings. The summed E-state index contributed by atoms with van der Waals surface area (Å²) >= 11 is 0. The summed E-state index contributed by atoms with van der Waals surface area (Å²) in [5.74, 6) is -0.622. The summed E-state index contributed by atoms with van der Waals surface area (Å²) in [6.45, 7) is 3.11. The number of nitrogens with one attached hydrogen (secondary N) is 1. The molecule has 1 aliphatic heterocycles. The molecular formula is C13H19N3O3. The number of esters is 1. The molecule has 1 heterocycles. The van der Waals surface area contributed by atoms with E-state index in [1.807, 2.05) is 6.07 Å². The first-order chi connectivity index (χ1) is 9.13. The Morgan fingerprint density at radius 3 is 2.58 bits per heavy atom. The average molecular weight is 265 g/mol. The van der Waals surface area contributed by atoms with Crippen molar-refractivity contribution >= 4 is 11.9 Å². The van der Waals surface area contributed by atoms with Crippen LogP contribution in [0, 0.1) is 17.2 Å². The highest BCUT2D eigenvalue weighted by Crippen LogP contribution is 2.19. The fraction of sp³-hybridized carbons (Fsp3) is 0.615. The van der Waals surface area contributed by atoms with Gasteiger partial charge in [-0.1, -0.05) is 0 Å². The Hall–Kier alpha value is -2.03. The minimum absolute atomic E-state index is 0.0806. The molecule has 1 amide bonds. The van der Waals surface area contributed by atoms with E-state index in [2.05, 4.69) is 5.32 Å². The molecule has 6 nitrogen and oxygen atoms in total. The lowest BCUT2D eigenvalue weighted by atomic mass is 9.96. The third kappa shape index (κ3) is 3.98. The van der Waals surface area contributed by atoms with Gasteiger partial charge < -0.3 is 15.0 Å². The van der Waals surface area contributed by atoms with E-state index >= 15 is 0 Å². The molecule has 104 valence electrons. The molecule has 1 rings (SSSR count). The number of nitrogens with zero attached hydrogens (tertiary/aromatic N) is 2. The van der Waals surface area contributed by atoms with Crippen LogP contribution in [-0.4, -0.2) is 43.5 Å². The first-order valence-electron chi connectivity index (χ1n) is 6.37. The molecule has 1 aliphatic rings. The van der Waals surface area contributed by atoms with E-state index in [-0.39, 0.29) is 23.4 Å². The maximum Gasteiger partial charge on any atom is 0.309 e. The maximum atomic E-state index is 12.0. The van der Waals surface area contributed by atoms with Gasteiger partial charge in [0.25, 0.3) is 5.91 Å². The minimum Gasteiger partial charge on any atom is -0.466 e. The Kier molecular flexibility index (Phi) is 5.86. The number of nitriles is 1. The lowest BCUT2D eigenvalue weighted by Crippen LogP contribution is -2.41. The van der Waals surface area contributed by atoms with Gasteiger partial charge in [0.2, 0.25) is 0 Å². The van der Waals surface area contributed by atoms with Crippen molar-refractivity contribution < 1.29 is 14.3 Å². The molecular weight excluding hydrogens is 246 g/mol. The molecule has 0 unspecified atom stereocenters. The van der Waals surface area contributed by atoms with Crippen molar-refractivity contribution in [2.45, 2.75) is 19.8 Å². The predicted molar refractivity (Wildman–Crippen MR) is 68.7 cm³/mol. The fourth-order valence-corrected chi connectivity index (χ4v) is 2.03. The van der Waals surface area contributed by atoms with Gasteiger partial charge in [-0.2, -0.15) is 5.26 Å². The molecule has 0 spiro atoms. The van der Waals surface area contributed by atoms with Crippen molar-refractivity contribution in [3.8, 4) is 6.07 Å². The molecule has 0 aromatic carbocycles. The highest BCUT2D eigenvalue weighted by atomic mass is 16.5. The molecule has 0 radical (unpaired) electrons. The lowest BCUT2D eigenvalue weighted by Gasteiger charge is -2.30. The van der Waals surface area contributed by atoms with E-state index in [0.717, 1.165) is 0 Å². The Morgan fingerprint density at radius 1 is 1.47 bits per heavy atom. The van der Waals surface area contributed by atoms with Crippen LogP contribution in [0.4, 0.5) is 0 Å². The number of hydrogen-bond acceptors (Lipinski definition) is 5. The van der Waals surface area contributed by atoms with Crippen LogP contribution in [0.25, 0.3) is 0 Å². The topological polar surface area (TPSA) is 82.4 Å². The normalized spacial score (nSPS) is 16.7. The number of ether oxygens (including phenoxy) is 1. The number of carbonyl (C=O) groups is 2. The van der Waals surface area contributed by atoms with E-state index < -0.39 is 0 Å². The maximum absolute atomic E-state index is 12.0. The number of likely N-dealkylation sites (tertiary alicyclic amines) is 1. The summed E-state index contributed by atoms with van der Waals surface area (Å²) in [6.07, 6.45) is 2.56. The Morgan fingerprint density at radius 2 is 2.11 bits per heavy atom. The number of hydrogen-bond donors (Lipinski definition) is 1. The molecule has 6 heteroatoms. The molecule has 0 aromatic heterocycles. The zero-order valence-electron chi connectivity index (χ0n) is 11.3. The SMILES string of the molecule is CCOC(=O)C1CCN(C(=O)/C(C#N)=C\NC)CC1. The molecule has 0 aromatic rings. The van der Waals surface area contributed by atoms with Crippen molar-refractivity contribution in [1.29, 1.82) is 5.26 Å². The van der Waals surface area contributed by atoms with Gasteiger partial charge in [0.15, 0.2) is 0 Å². The standard InChI is InChI=1S/C13H19N3O3/c1-3-19-13(18)10-4-6-16(7-5-10)12(17)11(8-14)9-15-2/h9-10,15H,3-7H2,1-2H3/b11-9-. The summed E-state index contributed by atoms with van der Waals surface area (Å²) in [5.41, 5.74) is 0.0806. The van der Waals surface area contributed by atoms with Gasteiger partial charge in [0.05, 0.1) is 12.5 Å². The summed E-state index contributed by atoms with van der Waals surface area (Å²) in [5, 5.41) is 11.6. The smallest absolute Gasteiger partial charge is 0.309 e. The minimum atomic E-state index is -0.292. The zero-order chi connectivity index (χ0) is 14.3. The van der Waals surface area contributed by atoms with Crippen LogP contribution in [0.2, 0.25) is 0 Å². The molecule has 1 saturated heterocycles. The van der Waals surface area contributed by atoms with Gasteiger partial charge in [-0.15, -0.1) is 0 Å². The largest absolute Gasteiger partial charge is 0.466 e. The fourth-order valence-electron chi connectivity index (χ4n) is 2.03. The van der Waals surface area contributed by atoms with Crippen LogP contribution < -0.4 is 5.32 Å². The van der Waals surface area contributed by atoms with Crippen LogP contribution in [-0.2, 0) is 14.3 Å². The Labute approximate surface area is 113 Å². The van der Waals surface area contributed by atoms with E-state index in [4.69, 9.17) is 10.00 Å². The molecule has 0 saturated carbocycles. The van der Waals surface area contributed by atoms with Gasteiger partial charge in [0.1, 0.15) is 11.6 Å². The molecule has 19 heavy (non-hydrogen) atoms. The second kappa shape index (κ2) is 7.41. The number of rotatable bonds is 4. The highest BCUT2D eigenvalue weighted by molar-refractivity contribution is 5.97. The number of carbonyl (C=O) groups excluding carboxylic acids is 2. The lowest BCUT2D eigenvalue weighted by molar-refractivity contribution is -0.150. The van der Waals surface area contributed by atoms with Crippen molar-refractivity contribution in [3.05, 3.63) is 11.8 Å². The van der Waals surface area contributed by atoms with Crippen molar-refractivity contribution in [3.63, 3.8) is 0 Å². The zero-order valence-corrected chi connectivity index (χ0v) is 11.3. The van der Waals surface area contributed by atoms with Crippen LogP contribution in [0.1, 0.15) is 19.8 Å². The Balaban J connectivity index is 2.54. The van der Waals surface area contributed by atoms with E-state index in [0.29, 0.717) is 32.5 Å². The van der Waals surface area contributed by atoms with Crippen LogP contribution in [0.3, 0.4) is 0 Å². The first-order valence-corrected chi connectivity index (χ1v) is 6.37. The Bertz CT molecular complexity index is 404. The van der Waals surface area contributed by atoms with Crippen LogP contribution in [0.5, 0.6) is 0 Å². The monoisotopic (exact) mass is 265 g/mol. The van der Waals surface area contributed by atoms with Crippen molar-refractivity contribution in [2.24, 2.45) is 5.92 Å². The summed E-state index contributed by atoms with van der Waals surface area (Å²) < 4.78 is 4.97. The molecule has 0 atom stereocenters. The molecule has 0 bridgehead atoms. The van der Waals surface area contributed by atoms with Crippen LogP contribution in [0.15, 0.2) is 11.8 Å².